The number of aliphatic hydroxyl groups is 4. The van der Waals surface area contributed by atoms with Gasteiger partial charge in [0.2, 0.25) is 6.29 Å². The highest BCUT2D eigenvalue weighted by molar-refractivity contribution is 5.90. The Kier molecular flexibility index (Phi) is 10.0. The number of phenolic OH excluding ortho intramolecular Hbond substituents is 1. The molecule has 0 bridgehead atoms. The third-order valence-corrected chi connectivity index (χ3v) is 6.19. The molecule has 3 rings (SSSR count). The molecule has 1 aromatic rings. The topological polar surface area (TPSA) is 181 Å². The van der Waals surface area contributed by atoms with Crippen LogP contribution in [0.2, 0.25) is 0 Å². The third kappa shape index (κ3) is 6.86. The number of carbonyl (C=O) groups is 2. The quantitative estimate of drug-likeness (QED) is 0.210. The Morgan fingerprint density at radius 1 is 1.08 bits per heavy atom. The number of aromatic hydroxyl groups is 1. The highest BCUT2D eigenvalue weighted by Crippen LogP contribution is 2.36. The zero-order valence-electron chi connectivity index (χ0n) is 20.4. The van der Waals surface area contributed by atoms with Gasteiger partial charge in [-0.3, -0.25) is 4.79 Å². The fourth-order valence-corrected chi connectivity index (χ4v) is 4.10. The lowest BCUT2D eigenvalue weighted by atomic mass is 9.86. The zero-order chi connectivity index (χ0) is 27.1. The maximum absolute atomic E-state index is 12.7. The van der Waals surface area contributed by atoms with Crippen LogP contribution in [-0.4, -0.2) is 94.8 Å². The van der Waals surface area contributed by atoms with Crippen molar-refractivity contribution < 1.29 is 58.8 Å². The molecule has 2 heterocycles. The van der Waals surface area contributed by atoms with Crippen LogP contribution in [0.1, 0.15) is 18.9 Å². The van der Waals surface area contributed by atoms with E-state index in [1.807, 2.05) is 0 Å². The number of hydrogen-bond donors (Lipinski definition) is 5. The number of methoxy groups -OCH3 is 1. The first kappa shape index (κ1) is 28.6. The molecule has 12 nitrogen and oxygen atoms in total. The molecule has 0 amide bonds. The van der Waals surface area contributed by atoms with Gasteiger partial charge >= 0.3 is 11.9 Å². The second-order valence-corrected chi connectivity index (χ2v) is 8.55. The Labute approximate surface area is 213 Å². The van der Waals surface area contributed by atoms with Crippen LogP contribution in [0.15, 0.2) is 47.7 Å². The number of esters is 2. The number of hydrogen-bond acceptors (Lipinski definition) is 12. The van der Waals surface area contributed by atoms with Crippen LogP contribution in [0.4, 0.5) is 0 Å². The number of benzene rings is 1. The van der Waals surface area contributed by atoms with Gasteiger partial charge in [0, 0.05) is 17.9 Å². The van der Waals surface area contributed by atoms with Gasteiger partial charge in [-0.05, 0) is 24.6 Å². The van der Waals surface area contributed by atoms with E-state index in [9.17, 15) is 35.1 Å². The molecule has 1 fully saturated rings. The van der Waals surface area contributed by atoms with Crippen LogP contribution in [0.25, 0.3) is 0 Å². The normalized spacial score (nSPS) is 30.8. The van der Waals surface area contributed by atoms with Crippen LogP contribution >= 0.6 is 0 Å². The van der Waals surface area contributed by atoms with Gasteiger partial charge in [-0.1, -0.05) is 18.2 Å². The third-order valence-electron chi connectivity index (χ3n) is 6.19. The van der Waals surface area contributed by atoms with Gasteiger partial charge in [0.25, 0.3) is 0 Å². The molecule has 1 saturated heterocycles. The molecule has 7 atom stereocenters. The van der Waals surface area contributed by atoms with E-state index >= 15 is 0 Å². The summed E-state index contributed by atoms with van der Waals surface area (Å²) in [7, 11) is 1.18. The maximum atomic E-state index is 12.7. The lowest BCUT2D eigenvalue weighted by Gasteiger charge is -2.41. The number of rotatable bonds is 9. The van der Waals surface area contributed by atoms with E-state index in [4.69, 9.17) is 23.7 Å². The summed E-state index contributed by atoms with van der Waals surface area (Å²) in [5.41, 5.74) is 1.23. The van der Waals surface area contributed by atoms with Gasteiger partial charge in [0.15, 0.2) is 6.29 Å². The minimum Gasteiger partial charge on any atom is -0.508 e. The molecule has 0 radical (unpaired) electrons. The fourth-order valence-electron chi connectivity index (χ4n) is 4.10. The van der Waals surface area contributed by atoms with Gasteiger partial charge in [-0.25, -0.2) is 4.79 Å². The second-order valence-electron chi connectivity index (χ2n) is 8.55. The zero-order valence-corrected chi connectivity index (χ0v) is 20.4. The molecule has 204 valence electrons. The standard InChI is InChI=1S/C25H32O12/c1-3-15-16(10-19(28)34-9-8-13-4-6-14(27)7-5-13)17(23(32)33-2)12-35-24(15)37-25-22(31)21(30)20(29)18(11-26)36-25/h3-7,12,16,18,20-22,24-27,29-31H,8-11H2,1-2H3/b15-3+/t16-,18+,20+,21-,22+,24-,25+/m0/s1. The molecule has 1 aromatic carbocycles. The van der Waals surface area contributed by atoms with Crippen molar-refractivity contribution in [1.29, 1.82) is 0 Å². The molecule has 0 aromatic heterocycles. The minimum atomic E-state index is -1.67. The first-order chi connectivity index (χ1) is 17.7. The van der Waals surface area contributed by atoms with Crippen molar-refractivity contribution in [1.82, 2.24) is 0 Å². The Balaban J connectivity index is 1.71. The molecular formula is C25H32O12. The van der Waals surface area contributed by atoms with Gasteiger partial charge in [0.05, 0.1) is 38.6 Å². The molecule has 0 aliphatic carbocycles. The predicted molar refractivity (Wildman–Crippen MR) is 124 cm³/mol. The number of aliphatic hydroxyl groups excluding tert-OH is 4. The van der Waals surface area contributed by atoms with Crippen molar-refractivity contribution in [2.24, 2.45) is 5.92 Å². The summed E-state index contributed by atoms with van der Waals surface area (Å²) in [6.45, 7) is 1.06. The van der Waals surface area contributed by atoms with Gasteiger partial charge in [-0.15, -0.1) is 0 Å². The van der Waals surface area contributed by atoms with E-state index < -0.39 is 61.5 Å². The molecular weight excluding hydrogens is 492 g/mol. The summed E-state index contributed by atoms with van der Waals surface area (Å²) in [4.78, 5) is 25.1. The van der Waals surface area contributed by atoms with Crippen LogP contribution in [-0.2, 0) is 39.7 Å². The van der Waals surface area contributed by atoms with E-state index in [1.54, 1.807) is 25.1 Å². The lowest BCUT2D eigenvalue weighted by Crippen LogP contribution is -2.60. The van der Waals surface area contributed by atoms with Gasteiger partial charge < -0.3 is 49.2 Å². The smallest absolute Gasteiger partial charge is 0.337 e. The van der Waals surface area contributed by atoms with E-state index in [1.165, 1.54) is 19.2 Å². The highest BCUT2D eigenvalue weighted by Gasteiger charge is 2.46. The van der Waals surface area contributed by atoms with E-state index in [0.717, 1.165) is 11.8 Å². The van der Waals surface area contributed by atoms with E-state index in [-0.39, 0.29) is 24.4 Å². The summed E-state index contributed by atoms with van der Waals surface area (Å²) < 4.78 is 26.8. The van der Waals surface area contributed by atoms with Crippen molar-refractivity contribution >= 4 is 11.9 Å². The van der Waals surface area contributed by atoms with Gasteiger partial charge in [-0.2, -0.15) is 0 Å². The molecule has 0 unspecified atom stereocenters. The largest absolute Gasteiger partial charge is 0.508 e. The summed E-state index contributed by atoms with van der Waals surface area (Å²) in [6, 6.07) is 6.47. The van der Waals surface area contributed by atoms with Crippen LogP contribution in [0, 0.1) is 5.92 Å². The molecule has 0 spiro atoms. The average molecular weight is 525 g/mol. The summed E-state index contributed by atoms with van der Waals surface area (Å²) in [5.74, 6) is -2.07. The Bertz CT molecular complexity index is 986. The van der Waals surface area contributed by atoms with Crippen LogP contribution in [0.5, 0.6) is 5.75 Å². The second kappa shape index (κ2) is 13.0. The number of carbonyl (C=O) groups excluding carboxylic acids is 2. The van der Waals surface area contributed by atoms with Crippen LogP contribution in [0.3, 0.4) is 0 Å². The Morgan fingerprint density at radius 2 is 1.78 bits per heavy atom. The van der Waals surface area contributed by atoms with Crippen LogP contribution < -0.4 is 0 Å². The number of ether oxygens (including phenoxy) is 5. The number of phenols is 1. The summed E-state index contributed by atoms with van der Waals surface area (Å²) >= 11 is 0. The van der Waals surface area contributed by atoms with Crippen molar-refractivity contribution in [3.63, 3.8) is 0 Å². The molecule has 0 saturated carbocycles. The maximum Gasteiger partial charge on any atom is 0.337 e. The fraction of sp³-hybridized carbons (Fsp3) is 0.520. The van der Waals surface area contributed by atoms with E-state index in [0.29, 0.717) is 12.0 Å². The SMILES string of the molecule is C/C=C1/[C@H](O[C@H]2O[C@H](CO)[C@@H](O)[C@H](O)[C@H]2O)OC=C(C(=O)OC)[C@H]1CC(=O)OCCc1ccc(O)cc1. The first-order valence-electron chi connectivity index (χ1n) is 11.7. The summed E-state index contributed by atoms with van der Waals surface area (Å²) in [6.07, 6.45) is -6.02. The Hall–Kier alpha value is -3.00. The Morgan fingerprint density at radius 3 is 2.41 bits per heavy atom. The van der Waals surface area contributed by atoms with Crippen molar-refractivity contribution in [3.05, 3.63) is 53.3 Å². The van der Waals surface area contributed by atoms with Gasteiger partial charge in [0.1, 0.15) is 30.2 Å². The minimum absolute atomic E-state index is 0.0414. The molecule has 5 N–H and O–H groups in total. The summed E-state index contributed by atoms with van der Waals surface area (Å²) in [5, 5.41) is 49.1. The molecule has 12 heteroatoms. The van der Waals surface area contributed by atoms with Crippen molar-refractivity contribution in [3.8, 4) is 5.75 Å². The van der Waals surface area contributed by atoms with Crippen molar-refractivity contribution in [2.45, 2.75) is 56.8 Å². The molecule has 2 aliphatic rings. The predicted octanol–water partition coefficient (Wildman–Crippen LogP) is -0.340. The lowest BCUT2D eigenvalue weighted by molar-refractivity contribution is -0.327. The highest BCUT2D eigenvalue weighted by atomic mass is 16.8. The van der Waals surface area contributed by atoms with E-state index in [2.05, 4.69) is 0 Å². The monoisotopic (exact) mass is 524 g/mol. The molecule has 2 aliphatic heterocycles. The number of allylic oxidation sites excluding steroid dienone is 1. The average Bonchev–Trinajstić information content (AvgIpc) is 2.89. The first-order valence-corrected chi connectivity index (χ1v) is 11.7. The molecule has 37 heavy (non-hydrogen) atoms. The van der Waals surface area contributed by atoms with Crippen molar-refractivity contribution in [2.75, 3.05) is 20.3 Å².